The Morgan fingerprint density at radius 3 is 2.61 bits per heavy atom. The normalized spacial score (nSPS) is 19.1. The number of ether oxygens (including phenoxy) is 1. The van der Waals surface area contributed by atoms with Crippen molar-refractivity contribution in [3.63, 3.8) is 0 Å². The van der Waals surface area contributed by atoms with Crippen molar-refractivity contribution in [3.8, 4) is 11.3 Å². The molecule has 31 heavy (non-hydrogen) atoms. The molecular formula is C22H24ClF3N4O. The number of nitrogens with one attached hydrogen (secondary N) is 1. The molecule has 4 rings (SSSR count). The first-order chi connectivity index (χ1) is 14.4. The average molecular weight is 453 g/mol. The number of rotatable bonds is 5. The smallest absolute Gasteiger partial charge is 0.372 e. The number of aryl methyl sites for hydroxylation is 1. The van der Waals surface area contributed by atoms with Crippen molar-refractivity contribution in [2.24, 2.45) is 7.05 Å². The molecular weight excluding hydrogens is 429 g/mol. The van der Waals surface area contributed by atoms with Crippen molar-refractivity contribution in [1.29, 1.82) is 0 Å². The second kappa shape index (κ2) is 9.80. The number of aromatic nitrogens is 3. The van der Waals surface area contributed by atoms with Gasteiger partial charge in [-0.1, -0.05) is 35.5 Å². The lowest BCUT2D eigenvalue weighted by atomic mass is 9.94. The number of hydrogen-bond acceptors (Lipinski definition) is 4. The van der Waals surface area contributed by atoms with Gasteiger partial charge in [-0.25, -0.2) is 4.68 Å². The SMILES string of the molecule is Cl.Cn1nncc1-c1cc(COC2CCCNC2c2ccccc2)cc(C(F)(F)F)c1. The highest BCUT2D eigenvalue weighted by atomic mass is 35.5. The molecule has 1 aromatic heterocycles. The molecule has 0 radical (unpaired) electrons. The summed E-state index contributed by atoms with van der Waals surface area (Å²) in [5.41, 5.74) is 1.81. The molecule has 1 N–H and O–H groups in total. The molecule has 1 fully saturated rings. The molecule has 2 unspecified atom stereocenters. The van der Waals surface area contributed by atoms with Gasteiger partial charge in [-0.15, -0.1) is 17.5 Å². The van der Waals surface area contributed by atoms with Crippen LogP contribution in [0, 0.1) is 0 Å². The van der Waals surface area contributed by atoms with Crippen molar-refractivity contribution in [3.05, 3.63) is 71.4 Å². The Morgan fingerprint density at radius 1 is 1.16 bits per heavy atom. The summed E-state index contributed by atoms with van der Waals surface area (Å²) in [5, 5.41) is 11.1. The van der Waals surface area contributed by atoms with Gasteiger partial charge in [0.15, 0.2) is 0 Å². The third-order valence-corrected chi connectivity index (χ3v) is 5.35. The number of benzene rings is 2. The molecule has 2 atom stereocenters. The first kappa shape index (κ1) is 23.2. The van der Waals surface area contributed by atoms with Crippen LogP contribution in [-0.4, -0.2) is 27.6 Å². The van der Waals surface area contributed by atoms with E-state index in [2.05, 4.69) is 15.6 Å². The maximum Gasteiger partial charge on any atom is 0.416 e. The lowest BCUT2D eigenvalue weighted by Crippen LogP contribution is -2.39. The van der Waals surface area contributed by atoms with E-state index in [4.69, 9.17) is 4.74 Å². The van der Waals surface area contributed by atoms with Crippen LogP contribution in [0.4, 0.5) is 13.2 Å². The van der Waals surface area contributed by atoms with Crippen molar-refractivity contribution in [2.45, 2.75) is 37.8 Å². The average Bonchev–Trinajstić information content (AvgIpc) is 3.18. The van der Waals surface area contributed by atoms with Crippen molar-refractivity contribution in [1.82, 2.24) is 20.3 Å². The van der Waals surface area contributed by atoms with Crippen molar-refractivity contribution < 1.29 is 17.9 Å². The van der Waals surface area contributed by atoms with E-state index in [1.165, 1.54) is 10.9 Å². The second-order valence-electron chi connectivity index (χ2n) is 7.49. The molecule has 5 nitrogen and oxygen atoms in total. The topological polar surface area (TPSA) is 52.0 Å². The third-order valence-electron chi connectivity index (χ3n) is 5.35. The van der Waals surface area contributed by atoms with Crippen LogP contribution in [-0.2, 0) is 24.6 Å². The van der Waals surface area contributed by atoms with Crippen LogP contribution in [0.2, 0.25) is 0 Å². The van der Waals surface area contributed by atoms with Crippen LogP contribution in [0.15, 0.2) is 54.7 Å². The molecule has 2 aromatic carbocycles. The van der Waals surface area contributed by atoms with Crippen LogP contribution in [0.25, 0.3) is 11.3 Å². The minimum absolute atomic E-state index is 0. The van der Waals surface area contributed by atoms with Gasteiger partial charge in [0.1, 0.15) is 0 Å². The fourth-order valence-corrected chi connectivity index (χ4v) is 3.87. The second-order valence-corrected chi connectivity index (χ2v) is 7.49. The first-order valence-electron chi connectivity index (χ1n) is 9.88. The molecule has 9 heteroatoms. The minimum Gasteiger partial charge on any atom is -0.372 e. The number of alkyl halides is 3. The monoisotopic (exact) mass is 452 g/mol. The number of hydrogen-bond donors (Lipinski definition) is 1. The number of piperidine rings is 1. The standard InChI is InChI=1S/C22H23F3N4O.ClH/c1-29-19(13-27-28-29)17-10-15(11-18(12-17)22(23,24)25)14-30-20-8-5-9-26-21(20)16-6-3-2-4-7-16;/h2-4,6-7,10-13,20-21,26H,5,8-9,14H2,1H3;1H. The first-order valence-corrected chi connectivity index (χ1v) is 9.88. The fourth-order valence-electron chi connectivity index (χ4n) is 3.87. The van der Waals surface area contributed by atoms with Gasteiger partial charge in [-0.05, 0) is 48.7 Å². The summed E-state index contributed by atoms with van der Waals surface area (Å²) in [6, 6.07) is 14.0. The molecule has 0 bridgehead atoms. The van der Waals surface area contributed by atoms with E-state index in [0.29, 0.717) is 16.8 Å². The molecule has 1 aliphatic heterocycles. The highest BCUT2D eigenvalue weighted by Gasteiger charge is 2.32. The Labute approximate surface area is 185 Å². The third kappa shape index (κ3) is 5.44. The van der Waals surface area contributed by atoms with Crippen LogP contribution in [0.1, 0.15) is 35.6 Å². The molecule has 0 aliphatic carbocycles. The Kier molecular flexibility index (Phi) is 7.35. The van der Waals surface area contributed by atoms with Gasteiger partial charge in [0, 0.05) is 12.6 Å². The van der Waals surface area contributed by atoms with Gasteiger partial charge in [0.25, 0.3) is 0 Å². The van der Waals surface area contributed by atoms with Gasteiger partial charge in [0.2, 0.25) is 0 Å². The molecule has 1 saturated heterocycles. The lowest BCUT2D eigenvalue weighted by molar-refractivity contribution is -0.137. The summed E-state index contributed by atoms with van der Waals surface area (Å²) in [6.45, 7) is 0.985. The van der Waals surface area contributed by atoms with Crippen molar-refractivity contribution in [2.75, 3.05) is 6.54 Å². The predicted molar refractivity (Wildman–Crippen MR) is 114 cm³/mol. The van der Waals surface area contributed by atoms with Gasteiger partial charge in [0.05, 0.1) is 36.2 Å². The highest BCUT2D eigenvalue weighted by Crippen LogP contribution is 2.34. The maximum atomic E-state index is 13.5. The molecule has 0 amide bonds. The quantitative estimate of drug-likeness (QED) is 0.596. The lowest BCUT2D eigenvalue weighted by Gasteiger charge is -2.33. The molecule has 2 heterocycles. The van der Waals surface area contributed by atoms with E-state index >= 15 is 0 Å². The Morgan fingerprint density at radius 2 is 1.94 bits per heavy atom. The van der Waals surface area contributed by atoms with Crippen LogP contribution in [0.3, 0.4) is 0 Å². The van der Waals surface area contributed by atoms with E-state index in [9.17, 15) is 13.2 Å². The van der Waals surface area contributed by atoms with Gasteiger partial charge >= 0.3 is 6.18 Å². The predicted octanol–water partition coefficient (Wildman–Crippen LogP) is 4.93. The van der Waals surface area contributed by atoms with E-state index in [1.54, 1.807) is 13.1 Å². The largest absolute Gasteiger partial charge is 0.416 e. The van der Waals surface area contributed by atoms with Gasteiger partial charge in [-0.2, -0.15) is 13.2 Å². The molecule has 1 aliphatic rings. The zero-order valence-electron chi connectivity index (χ0n) is 17.0. The van der Waals surface area contributed by atoms with Gasteiger partial charge < -0.3 is 10.1 Å². The number of halogens is 4. The van der Waals surface area contributed by atoms with Crippen molar-refractivity contribution >= 4 is 12.4 Å². The van der Waals surface area contributed by atoms with Crippen LogP contribution >= 0.6 is 12.4 Å². The molecule has 3 aromatic rings. The minimum atomic E-state index is -4.45. The summed E-state index contributed by atoms with van der Waals surface area (Å²) in [6.07, 6.45) is -1.30. The molecule has 166 valence electrons. The maximum absolute atomic E-state index is 13.5. The van der Waals surface area contributed by atoms with E-state index < -0.39 is 11.7 Å². The zero-order chi connectivity index (χ0) is 21.1. The van der Waals surface area contributed by atoms with E-state index in [0.717, 1.165) is 37.1 Å². The summed E-state index contributed by atoms with van der Waals surface area (Å²) in [5.74, 6) is 0. The Balaban J connectivity index is 0.00000272. The zero-order valence-corrected chi connectivity index (χ0v) is 17.8. The molecule has 0 saturated carbocycles. The van der Waals surface area contributed by atoms with E-state index in [1.807, 2.05) is 30.3 Å². The Bertz CT molecular complexity index is 994. The summed E-state index contributed by atoms with van der Waals surface area (Å²) in [7, 11) is 1.65. The van der Waals surface area contributed by atoms with Crippen LogP contribution in [0.5, 0.6) is 0 Å². The fraction of sp³-hybridized carbons (Fsp3) is 0.364. The van der Waals surface area contributed by atoms with E-state index in [-0.39, 0.29) is 31.2 Å². The highest BCUT2D eigenvalue weighted by molar-refractivity contribution is 5.85. The Hall–Kier alpha value is -2.42. The molecule has 0 spiro atoms. The summed E-state index contributed by atoms with van der Waals surface area (Å²) < 4.78 is 48.0. The van der Waals surface area contributed by atoms with Crippen LogP contribution < -0.4 is 5.32 Å². The summed E-state index contributed by atoms with van der Waals surface area (Å²) in [4.78, 5) is 0. The van der Waals surface area contributed by atoms with Gasteiger partial charge in [-0.3, -0.25) is 0 Å². The summed E-state index contributed by atoms with van der Waals surface area (Å²) >= 11 is 0. The number of nitrogens with zero attached hydrogens (tertiary/aromatic N) is 3.